The summed E-state index contributed by atoms with van der Waals surface area (Å²) in [5.41, 5.74) is 2.41. The van der Waals surface area contributed by atoms with Crippen molar-refractivity contribution in [3.63, 3.8) is 0 Å². The first-order chi connectivity index (χ1) is 15.9. The number of amides is 3. The van der Waals surface area contributed by atoms with Gasteiger partial charge in [0.15, 0.2) is 11.5 Å². The van der Waals surface area contributed by atoms with E-state index < -0.39 is 11.6 Å². The molecule has 172 valence electrons. The van der Waals surface area contributed by atoms with Crippen molar-refractivity contribution in [2.75, 3.05) is 14.2 Å². The third-order valence-electron chi connectivity index (χ3n) is 5.85. The lowest BCUT2D eigenvalue weighted by molar-refractivity contribution is -0.131. The van der Waals surface area contributed by atoms with E-state index in [0.717, 1.165) is 29.0 Å². The number of rotatable bonds is 8. The van der Waals surface area contributed by atoms with E-state index in [1.165, 1.54) is 21.8 Å². The Hall–Kier alpha value is -3.39. The summed E-state index contributed by atoms with van der Waals surface area (Å²) in [5.74, 6) is 0.970. The molecule has 4 rings (SSSR count). The molecule has 8 heteroatoms. The number of nitrogens with zero attached hydrogens (tertiary/aromatic N) is 2. The van der Waals surface area contributed by atoms with Crippen LogP contribution in [0.1, 0.15) is 37.1 Å². The minimum atomic E-state index is -1.09. The number of carbonyl (C=O) groups excluding carboxylic acids is 2. The predicted octanol–water partition coefficient (Wildman–Crippen LogP) is 4.75. The molecule has 1 unspecified atom stereocenters. The van der Waals surface area contributed by atoms with Crippen molar-refractivity contribution in [3.05, 3.63) is 64.7 Å². The number of aromatic nitrogens is 1. The number of ether oxygens (including phenoxy) is 2. The number of hydrogen-bond donors (Lipinski definition) is 1. The Morgan fingerprint density at radius 1 is 1.06 bits per heavy atom. The van der Waals surface area contributed by atoms with Crippen LogP contribution in [0.3, 0.4) is 0 Å². The molecule has 1 N–H and O–H groups in total. The van der Waals surface area contributed by atoms with Crippen molar-refractivity contribution < 1.29 is 19.1 Å². The van der Waals surface area contributed by atoms with Crippen molar-refractivity contribution in [3.8, 4) is 22.1 Å². The lowest BCUT2D eigenvalue weighted by Crippen LogP contribution is -2.40. The van der Waals surface area contributed by atoms with Gasteiger partial charge in [0.2, 0.25) is 0 Å². The first-order valence-corrected chi connectivity index (χ1v) is 11.7. The number of urea groups is 1. The molecule has 0 saturated carbocycles. The van der Waals surface area contributed by atoms with Gasteiger partial charge in [-0.25, -0.2) is 9.78 Å². The van der Waals surface area contributed by atoms with Gasteiger partial charge in [-0.3, -0.25) is 9.69 Å². The summed E-state index contributed by atoms with van der Waals surface area (Å²) in [4.78, 5) is 31.9. The topological polar surface area (TPSA) is 80.8 Å². The second-order valence-corrected chi connectivity index (χ2v) is 8.97. The van der Waals surface area contributed by atoms with E-state index >= 15 is 0 Å². The monoisotopic (exact) mass is 465 g/mol. The van der Waals surface area contributed by atoms with Gasteiger partial charge in [-0.15, -0.1) is 11.3 Å². The largest absolute Gasteiger partial charge is 0.493 e. The highest BCUT2D eigenvalue weighted by Gasteiger charge is 2.49. The third kappa shape index (κ3) is 4.30. The number of aryl methyl sites for hydroxylation is 1. The highest BCUT2D eigenvalue weighted by Crippen LogP contribution is 2.34. The number of imide groups is 1. The third-order valence-corrected chi connectivity index (χ3v) is 6.79. The van der Waals surface area contributed by atoms with Crippen LogP contribution in [0, 0.1) is 0 Å². The zero-order valence-corrected chi connectivity index (χ0v) is 20.0. The molecule has 2 aromatic carbocycles. The van der Waals surface area contributed by atoms with Gasteiger partial charge in [0.1, 0.15) is 10.5 Å². The summed E-state index contributed by atoms with van der Waals surface area (Å²) < 4.78 is 10.7. The molecule has 1 saturated heterocycles. The molecule has 0 aliphatic carbocycles. The number of thiazole rings is 1. The minimum Gasteiger partial charge on any atom is -0.493 e. The highest BCUT2D eigenvalue weighted by atomic mass is 32.1. The molecule has 3 amide bonds. The highest BCUT2D eigenvalue weighted by molar-refractivity contribution is 7.13. The Morgan fingerprint density at radius 3 is 2.45 bits per heavy atom. The van der Waals surface area contributed by atoms with Crippen LogP contribution >= 0.6 is 11.3 Å². The van der Waals surface area contributed by atoms with Crippen molar-refractivity contribution in [2.45, 2.75) is 38.8 Å². The molecule has 33 heavy (non-hydrogen) atoms. The number of methoxy groups -OCH3 is 2. The molecule has 7 nitrogen and oxygen atoms in total. The van der Waals surface area contributed by atoms with Gasteiger partial charge >= 0.3 is 6.03 Å². The van der Waals surface area contributed by atoms with Crippen LogP contribution in [0.5, 0.6) is 11.5 Å². The second-order valence-electron chi connectivity index (χ2n) is 8.11. The van der Waals surface area contributed by atoms with Gasteiger partial charge in [-0.05, 0) is 42.7 Å². The maximum absolute atomic E-state index is 13.3. The van der Waals surface area contributed by atoms with Crippen molar-refractivity contribution in [2.24, 2.45) is 0 Å². The summed E-state index contributed by atoms with van der Waals surface area (Å²) in [6, 6.07) is 13.0. The van der Waals surface area contributed by atoms with Crippen molar-refractivity contribution >= 4 is 23.3 Å². The van der Waals surface area contributed by atoms with Crippen LogP contribution < -0.4 is 14.8 Å². The molecule has 0 bridgehead atoms. The smallest absolute Gasteiger partial charge is 0.325 e. The van der Waals surface area contributed by atoms with Crippen molar-refractivity contribution in [1.29, 1.82) is 0 Å². The van der Waals surface area contributed by atoms with Crippen LogP contribution in [0.2, 0.25) is 0 Å². The van der Waals surface area contributed by atoms with Gasteiger partial charge in [0.05, 0.1) is 26.5 Å². The Labute approximate surface area is 197 Å². The Balaban J connectivity index is 1.53. The summed E-state index contributed by atoms with van der Waals surface area (Å²) in [6.07, 6.45) is 2.04. The maximum atomic E-state index is 13.3. The molecule has 3 aromatic rings. The molecular weight excluding hydrogens is 438 g/mol. The van der Waals surface area contributed by atoms with E-state index in [9.17, 15) is 9.59 Å². The first-order valence-electron chi connectivity index (χ1n) is 10.8. The molecule has 0 spiro atoms. The van der Waals surface area contributed by atoms with Gasteiger partial charge in [0.25, 0.3) is 5.91 Å². The molecule has 2 heterocycles. The number of hydrogen-bond acceptors (Lipinski definition) is 6. The Bertz CT molecular complexity index is 1170. The Morgan fingerprint density at radius 2 is 1.79 bits per heavy atom. The lowest BCUT2D eigenvalue weighted by Gasteiger charge is -2.22. The average Bonchev–Trinajstić information content (AvgIpc) is 3.38. The van der Waals surface area contributed by atoms with Crippen molar-refractivity contribution in [1.82, 2.24) is 15.2 Å². The fraction of sp³-hybridized carbons (Fsp3) is 0.320. The minimum absolute atomic E-state index is 0.109. The fourth-order valence-electron chi connectivity index (χ4n) is 3.97. The van der Waals surface area contributed by atoms with Gasteiger partial charge in [0, 0.05) is 10.9 Å². The summed E-state index contributed by atoms with van der Waals surface area (Å²) >= 11 is 1.45. The molecule has 1 aliphatic rings. The van der Waals surface area contributed by atoms with E-state index in [1.54, 1.807) is 21.1 Å². The van der Waals surface area contributed by atoms with Crippen LogP contribution in [0.4, 0.5) is 4.79 Å². The predicted molar refractivity (Wildman–Crippen MR) is 128 cm³/mol. The molecular formula is C25H27N3O4S. The van der Waals surface area contributed by atoms with Crippen LogP contribution in [0.25, 0.3) is 10.6 Å². The average molecular weight is 466 g/mol. The van der Waals surface area contributed by atoms with E-state index in [0.29, 0.717) is 17.2 Å². The van der Waals surface area contributed by atoms with E-state index in [-0.39, 0.29) is 12.5 Å². The normalized spacial score (nSPS) is 17.9. The molecule has 1 atom stereocenters. The number of benzene rings is 2. The second kappa shape index (κ2) is 9.23. The van der Waals surface area contributed by atoms with Gasteiger partial charge < -0.3 is 14.8 Å². The van der Waals surface area contributed by atoms with Gasteiger partial charge in [-0.2, -0.15) is 0 Å². The standard InChI is InChI=1S/C25H27N3O4S/c1-5-6-16-7-10-18(11-8-16)25(2)23(29)28(24(30)27-25)14-19-15-33-22(26-19)17-9-12-20(31-3)21(13-17)32-4/h7-13,15H,5-6,14H2,1-4H3,(H,27,30). The number of nitrogens with one attached hydrogen (secondary N) is 1. The summed E-state index contributed by atoms with van der Waals surface area (Å²) in [6.45, 7) is 3.99. The number of carbonyl (C=O) groups is 2. The fourth-order valence-corrected chi connectivity index (χ4v) is 4.78. The molecule has 0 radical (unpaired) electrons. The SMILES string of the molecule is CCCc1ccc(C2(C)NC(=O)N(Cc3csc(-c4ccc(OC)c(OC)c4)n3)C2=O)cc1. The molecule has 1 aliphatic heterocycles. The maximum Gasteiger partial charge on any atom is 0.325 e. The summed E-state index contributed by atoms with van der Waals surface area (Å²) in [7, 11) is 3.17. The lowest BCUT2D eigenvalue weighted by atomic mass is 9.91. The van der Waals surface area contributed by atoms with Crippen LogP contribution in [0.15, 0.2) is 47.8 Å². The zero-order chi connectivity index (χ0) is 23.6. The first kappa shape index (κ1) is 22.8. The van der Waals surface area contributed by atoms with E-state index in [2.05, 4.69) is 17.2 Å². The summed E-state index contributed by atoms with van der Waals surface area (Å²) in [5, 5.41) is 5.50. The molecule has 1 aromatic heterocycles. The Kier molecular flexibility index (Phi) is 6.37. The molecule has 1 fully saturated rings. The van der Waals surface area contributed by atoms with Crippen LogP contribution in [-0.4, -0.2) is 36.0 Å². The van der Waals surface area contributed by atoms with Crippen LogP contribution in [-0.2, 0) is 23.3 Å². The zero-order valence-electron chi connectivity index (χ0n) is 19.2. The quantitative estimate of drug-likeness (QED) is 0.486. The van der Waals surface area contributed by atoms with Gasteiger partial charge in [-0.1, -0.05) is 37.6 Å². The van der Waals surface area contributed by atoms with E-state index in [1.807, 2.05) is 47.8 Å². The van der Waals surface area contributed by atoms with E-state index in [4.69, 9.17) is 9.47 Å².